The van der Waals surface area contributed by atoms with Gasteiger partial charge in [0, 0.05) is 11.3 Å². The van der Waals surface area contributed by atoms with Gasteiger partial charge in [-0.2, -0.15) is 0 Å². The van der Waals surface area contributed by atoms with Gasteiger partial charge in [-0.15, -0.1) is 0 Å². The Balaban J connectivity index is 1.85. The van der Waals surface area contributed by atoms with Crippen molar-refractivity contribution in [1.82, 2.24) is 5.32 Å². The second kappa shape index (κ2) is 10.5. The molecule has 6 heteroatoms. The molecule has 0 heterocycles. The van der Waals surface area contributed by atoms with Gasteiger partial charge in [0.2, 0.25) is 0 Å². The van der Waals surface area contributed by atoms with Crippen molar-refractivity contribution in [2.24, 2.45) is 5.92 Å². The number of nitrogens with one attached hydrogen (secondary N) is 2. The van der Waals surface area contributed by atoms with E-state index in [-0.39, 0.29) is 11.0 Å². The van der Waals surface area contributed by atoms with Crippen LogP contribution in [0.25, 0.3) is 0 Å². The van der Waals surface area contributed by atoms with Crippen LogP contribution in [0.3, 0.4) is 0 Å². The second-order valence-electron chi connectivity index (χ2n) is 6.91. The van der Waals surface area contributed by atoms with Crippen LogP contribution in [0.4, 0.5) is 5.69 Å². The Labute approximate surface area is 171 Å². The Kier molecular flexibility index (Phi) is 8.02. The summed E-state index contributed by atoms with van der Waals surface area (Å²) in [5.74, 6) is 1.63. The van der Waals surface area contributed by atoms with Gasteiger partial charge in [-0.25, -0.2) is 0 Å². The Morgan fingerprint density at radius 3 is 2.18 bits per heavy atom. The second-order valence-corrected chi connectivity index (χ2v) is 7.32. The van der Waals surface area contributed by atoms with E-state index >= 15 is 0 Å². The maximum Gasteiger partial charge on any atom is 0.257 e. The molecule has 0 aliphatic heterocycles. The molecule has 0 atom stereocenters. The standard InChI is InChI=1S/C22H26N2O3S/c1-15(2)13-26-19-9-5-17(6-10-19)21(25)24-22(28)23-18-7-11-20(12-8-18)27-14-16(3)4/h5-12,15H,3,13-14H2,1-2,4H3,(H2,23,24,25,28). The van der Waals surface area contributed by atoms with Gasteiger partial charge in [-0.05, 0) is 79.2 Å². The van der Waals surface area contributed by atoms with Gasteiger partial charge < -0.3 is 14.8 Å². The first-order chi connectivity index (χ1) is 13.3. The average Bonchev–Trinajstić information content (AvgIpc) is 2.66. The van der Waals surface area contributed by atoms with Crippen LogP contribution >= 0.6 is 12.2 Å². The first-order valence-electron chi connectivity index (χ1n) is 9.06. The van der Waals surface area contributed by atoms with Crippen LogP contribution in [0, 0.1) is 5.92 Å². The van der Waals surface area contributed by atoms with Gasteiger partial charge in [0.05, 0.1) is 6.61 Å². The monoisotopic (exact) mass is 398 g/mol. The van der Waals surface area contributed by atoms with Crippen LogP contribution in [-0.4, -0.2) is 24.2 Å². The van der Waals surface area contributed by atoms with Gasteiger partial charge in [0.25, 0.3) is 5.91 Å². The van der Waals surface area contributed by atoms with Crippen LogP contribution in [0.1, 0.15) is 31.1 Å². The number of anilines is 1. The maximum atomic E-state index is 12.3. The number of amides is 1. The highest BCUT2D eigenvalue weighted by Gasteiger charge is 2.09. The van der Waals surface area contributed by atoms with Crippen molar-refractivity contribution in [3.05, 3.63) is 66.2 Å². The molecule has 0 saturated carbocycles. The smallest absolute Gasteiger partial charge is 0.257 e. The van der Waals surface area contributed by atoms with E-state index in [0.717, 1.165) is 22.8 Å². The molecule has 2 aromatic carbocycles. The number of benzene rings is 2. The van der Waals surface area contributed by atoms with Crippen LogP contribution in [0.5, 0.6) is 11.5 Å². The highest BCUT2D eigenvalue weighted by atomic mass is 32.1. The zero-order valence-corrected chi connectivity index (χ0v) is 17.3. The molecular weight excluding hydrogens is 372 g/mol. The number of rotatable bonds is 8. The van der Waals surface area contributed by atoms with E-state index in [1.807, 2.05) is 31.2 Å². The number of hydrogen-bond acceptors (Lipinski definition) is 4. The highest BCUT2D eigenvalue weighted by molar-refractivity contribution is 7.80. The average molecular weight is 399 g/mol. The summed E-state index contributed by atoms with van der Waals surface area (Å²) in [4.78, 5) is 12.3. The third-order valence-corrected chi connectivity index (χ3v) is 3.73. The van der Waals surface area contributed by atoms with Gasteiger partial charge in [0.15, 0.2) is 5.11 Å². The molecule has 0 aliphatic carbocycles. The largest absolute Gasteiger partial charge is 0.493 e. The van der Waals surface area contributed by atoms with E-state index in [1.165, 1.54) is 0 Å². The van der Waals surface area contributed by atoms with Gasteiger partial charge in [-0.1, -0.05) is 20.4 Å². The summed E-state index contributed by atoms with van der Waals surface area (Å²) in [6.07, 6.45) is 0. The molecule has 148 valence electrons. The summed E-state index contributed by atoms with van der Waals surface area (Å²) in [5.41, 5.74) is 2.21. The lowest BCUT2D eigenvalue weighted by atomic mass is 10.2. The molecule has 0 radical (unpaired) electrons. The first kappa shape index (κ1) is 21.4. The van der Waals surface area contributed by atoms with E-state index in [1.54, 1.807) is 24.3 Å². The van der Waals surface area contributed by atoms with Crippen molar-refractivity contribution in [1.29, 1.82) is 0 Å². The van der Waals surface area contributed by atoms with Crippen molar-refractivity contribution in [3.8, 4) is 11.5 Å². The van der Waals surface area contributed by atoms with Crippen LogP contribution in [0.15, 0.2) is 60.7 Å². The highest BCUT2D eigenvalue weighted by Crippen LogP contribution is 2.16. The summed E-state index contributed by atoms with van der Waals surface area (Å²) in [7, 11) is 0. The van der Waals surface area contributed by atoms with E-state index in [2.05, 4.69) is 31.1 Å². The molecule has 0 aromatic heterocycles. The molecule has 1 amide bonds. The number of thiocarbonyl (C=S) groups is 1. The molecule has 0 bridgehead atoms. The summed E-state index contributed by atoms with van der Waals surface area (Å²) >= 11 is 5.22. The quantitative estimate of drug-likeness (QED) is 0.494. The van der Waals surface area contributed by atoms with E-state index in [4.69, 9.17) is 21.7 Å². The zero-order valence-electron chi connectivity index (χ0n) is 16.5. The fraction of sp³-hybridized carbons (Fsp3) is 0.273. The molecule has 2 rings (SSSR count). The van der Waals surface area contributed by atoms with E-state index in [0.29, 0.717) is 24.7 Å². The van der Waals surface area contributed by atoms with Crippen molar-refractivity contribution in [2.75, 3.05) is 18.5 Å². The minimum Gasteiger partial charge on any atom is -0.493 e. The summed E-state index contributed by atoms with van der Waals surface area (Å²) in [6, 6.07) is 14.3. The third kappa shape index (κ3) is 7.40. The number of carbonyl (C=O) groups excluding carboxylic acids is 1. The molecular formula is C22H26N2O3S. The molecule has 2 aromatic rings. The molecule has 0 fully saturated rings. The molecule has 5 nitrogen and oxygen atoms in total. The number of ether oxygens (including phenoxy) is 2. The lowest BCUT2D eigenvalue weighted by Crippen LogP contribution is -2.34. The molecule has 0 aliphatic rings. The Morgan fingerprint density at radius 1 is 1.04 bits per heavy atom. The number of carbonyl (C=O) groups is 1. The SMILES string of the molecule is C=C(C)COc1ccc(NC(=S)NC(=O)c2ccc(OCC(C)C)cc2)cc1. The predicted molar refractivity (Wildman–Crippen MR) is 117 cm³/mol. The van der Waals surface area contributed by atoms with E-state index < -0.39 is 0 Å². The molecule has 2 N–H and O–H groups in total. The predicted octanol–water partition coefficient (Wildman–Crippen LogP) is 4.80. The van der Waals surface area contributed by atoms with Crippen molar-refractivity contribution in [3.63, 3.8) is 0 Å². The number of hydrogen-bond donors (Lipinski definition) is 2. The van der Waals surface area contributed by atoms with Crippen LogP contribution in [0.2, 0.25) is 0 Å². The van der Waals surface area contributed by atoms with Gasteiger partial charge in [-0.3, -0.25) is 10.1 Å². The fourth-order valence-corrected chi connectivity index (χ4v) is 2.35. The molecule has 0 spiro atoms. The van der Waals surface area contributed by atoms with Crippen molar-refractivity contribution < 1.29 is 14.3 Å². The normalized spacial score (nSPS) is 10.3. The Hall–Kier alpha value is -2.86. The zero-order chi connectivity index (χ0) is 20.5. The van der Waals surface area contributed by atoms with Crippen molar-refractivity contribution >= 4 is 28.9 Å². The maximum absolute atomic E-state index is 12.3. The first-order valence-corrected chi connectivity index (χ1v) is 9.46. The third-order valence-electron chi connectivity index (χ3n) is 3.52. The lowest BCUT2D eigenvalue weighted by molar-refractivity contribution is 0.0977. The summed E-state index contributed by atoms with van der Waals surface area (Å²) < 4.78 is 11.2. The summed E-state index contributed by atoms with van der Waals surface area (Å²) in [6.45, 7) is 11.0. The van der Waals surface area contributed by atoms with Crippen LogP contribution < -0.4 is 20.1 Å². The topological polar surface area (TPSA) is 59.6 Å². The lowest BCUT2D eigenvalue weighted by Gasteiger charge is -2.12. The van der Waals surface area contributed by atoms with Gasteiger partial charge in [0.1, 0.15) is 18.1 Å². The van der Waals surface area contributed by atoms with E-state index in [9.17, 15) is 4.79 Å². The minimum atomic E-state index is -0.283. The molecule has 0 saturated heterocycles. The fourth-order valence-electron chi connectivity index (χ4n) is 2.14. The Morgan fingerprint density at radius 2 is 1.61 bits per heavy atom. The van der Waals surface area contributed by atoms with Crippen molar-refractivity contribution in [2.45, 2.75) is 20.8 Å². The summed E-state index contributed by atoms with van der Waals surface area (Å²) in [5, 5.41) is 5.87. The van der Waals surface area contributed by atoms with Crippen LogP contribution in [-0.2, 0) is 0 Å². The minimum absolute atomic E-state index is 0.223. The molecule has 28 heavy (non-hydrogen) atoms. The van der Waals surface area contributed by atoms with Gasteiger partial charge >= 0.3 is 0 Å². The molecule has 0 unspecified atom stereocenters. The Bertz CT molecular complexity index is 815.